The van der Waals surface area contributed by atoms with Crippen LogP contribution < -0.4 is 51.6 Å². The van der Waals surface area contributed by atoms with Crippen molar-refractivity contribution in [2.24, 2.45) is 11.8 Å². The van der Waals surface area contributed by atoms with Crippen LogP contribution in [0, 0.1) is 35.1 Å². The summed E-state index contributed by atoms with van der Waals surface area (Å²) in [5, 5.41) is 36.3. The highest BCUT2D eigenvalue weighted by Gasteiger charge is 2.37. The number of benzene rings is 4. The van der Waals surface area contributed by atoms with Crippen LogP contribution in [-0.2, 0) is 32.0 Å². The number of aryl methyl sites for hydroxylation is 2. The number of likely N-dealkylation sites (N-methyl/N-ethyl adjacent to an activating group) is 2. The minimum atomic E-state index is -5.19. The fourth-order valence-electron chi connectivity index (χ4n) is 12.9. The lowest BCUT2D eigenvalue weighted by Crippen LogP contribution is -2.62. The fraction of sp³-hybridized carbons (Fsp3) is 0.417. The monoisotopic (exact) mass is 1590 g/mol. The first-order valence-electron chi connectivity index (χ1n) is 35.1. The maximum absolute atomic E-state index is 14.9. The number of nitrogens with one attached hydrogen (secondary N) is 6. The molecule has 12 rings (SSSR count). The summed E-state index contributed by atoms with van der Waals surface area (Å²) >= 11 is 0. The second-order valence-electron chi connectivity index (χ2n) is 27.1. The van der Waals surface area contributed by atoms with Gasteiger partial charge in [0.1, 0.15) is 11.9 Å². The maximum Gasteiger partial charge on any atom is 0.430 e. The molecule has 4 saturated heterocycles. The normalized spacial score (nSPS) is 15.5. The summed E-state index contributed by atoms with van der Waals surface area (Å²) in [4.78, 5) is 90.7. The van der Waals surface area contributed by atoms with E-state index in [0.29, 0.717) is 70.1 Å². The van der Waals surface area contributed by atoms with Crippen LogP contribution in [0.25, 0.3) is 33.8 Å². The van der Waals surface area contributed by atoms with Gasteiger partial charge in [-0.2, -0.15) is 52.7 Å². The molecule has 4 amide bonds. The molecule has 604 valence electrons. The molecule has 40 heteroatoms. The van der Waals surface area contributed by atoms with E-state index in [1.165, 1.54) is 46.0 Å². The lowest BCUT2D eigenvalue weighted by Gasteiger charge is -2.45. The van der Waals surface area contributed by atoms with Crippen LogP contribution in [0.4, 0.5) is 84.5 Å². The average molecular weight is 1590 g/mol. The number of nitrogens with zero attached hydrogens (tertiary/aromatic N) is 10. The molecule has 4 aromatic heterocycles. The van der Waals surface area contributed by atoms with Gasteiger partial charge in [0.05, 0.1) is 103 Å². The van der Waals surface area contributed by atoms with Gasteiger partial charge in [-0.15, -0.1) is 0 Å². The molecule has 26 nitrogen and oxygen atoms in total. The first-order chi connectivity index (χ1) is 53.0. The quantitative estimate of drug-likeness (QED) is 0.0262. The third kappa shape index (κ3) is 21.8. The lowest BCUT2D eigenvalue weighted by atomic mass is 10.0. The Labute approximate surface area is 630 Å². The molecule has 6 N–H and O–H groups in total. The molecule has 0 aliphatic carbocycles. The van der Waals surface area contributed by atoms with Crippen LogP contribution in [0.2, 0.25) is 0 Å². The van der Waals surface area contributed by atoms with Gasteiger partial charge in [0.2, 0.25) is 23.4 Å². The number of quaternary nitrogens is 2. The number of anilines is 4. The number of imidazole rings is 2. The molecule has 8 heterocycles. The second kappa shape index (κ2) is 36.9. The summed E-state index contributed by atoms with van der Waals surface area (Å²) in [6, 6.07) is 14.6. The Bertz CT molecular complexity index is 4390. The van der Waals surface area contributed by atoms with Crippen molar-refractivity contribution in [1.82, 2.24) is 59.8 Å². The Hall–Kier alpha value is -11.0. The molecule has 0 saturated carbocycles. The molecule has 0 radical (unpaired) electrons. The summed E-state index contributed by atoms with van der Waals surface area (Å²) in [7, 11) is 4.53. The third-order valence-corrected chi connectivity index (χ3v) is 19.1. The van der Waals surface area contributed by atoms with Gasteiger partial charge in [0.25, 0.3) is 11.8 Å². The van der Waals surface area contributed by atoms with Crippen molar-refractivity contribution in [2.75, 3.05) is 129 Å². The van der Waals surface area contributed by atoms with E-state index in [4.69, 9.17) is 19.8 Å². The second-order valence-corrected chi connectivity index (χ2v) is 27.1. The predicted octanol–water partition coefficient (Wildman–Crippen LogP) is 7.02. The number of alkyl halides is 10. The van der Waals surface area contributed by atoms with Crippen LogP contribution in [0.15, 0.2) is 97.8 Å². The molecule has 0 unspecified atom stereocenters. The van der Waals surface area contributed by atoms with E-state index in [-0.39, 0.29) is 72.1 Å². The molecule has 0 atom stereocenters. The van der Waals surface area contributed by atoms with E-state index < -0.39 is 72.3 Å². The van der Waals surface area contributed by atoms with Crippen LogP contribution >= 0.6 is 0 Å². The number of ether oxygens (including phenoxy) is 2. The molecule has 4 aliphatic rings. The highest BCUT2D eigenvalue weighted by molar-refractivity contribution is 5.97. The van der Waals surface area contributed by atoms with Gasteiger partial charge in [-0.25, -0.2) is 28.7 Å². The number of hydrogen-bond donors (Lipinski definition) is 6. The summed E-state index contributed by atoms with van der Waals surface area (Å²) in [6.07, 6.45) is -0.268. The Morgan fingerprint density at radius 2 is 0.884 bits per heavy atom. The summed E-state index contributed by atoms with van der Waals surface area (Å²) in [6.45, 7) is 10.9. The maximum atomic E-state index is 14.9. The number of hydrogen-bond acceptors (Lipinski definition) is 18. The van der Waals surface area contributed by atoms with Gasteiger partial charge in [-0.05, 0) is 84.6 Å². The zero-order valence-corrected chi connectivity index (χ0v) is 60.5. The molecule has 4 fully saturated rings. The molecular weight excluding hydrogens is 1510 g/mol. The van der Waals surface area contributed by atoms with Crippen molar-refractivity contribution in [3.8, 4) is 34.0 Å². The number of fused-ring (bicyclic) bond motifs is 2. The molecule has 0 spiro atoms. The average Bonchev–Trinajstić information content (AvgIpc) is 1.56. The van der Waals surface area contributed by atoms with Crippen molar-refractivity contribution in [3.05, 3.63) is 143 Å². The van der Waals surface area contributed by atoms with Crippen molar-refractivity contribution < 1.29 is 119 Å². The van der Waals surface area contributed by atoms with E-state index >= 15 is 0 Å². The Balaban J connectivity index is 0.000000219. The highest BCUT2D eigenvalue weighted by atomic mass is 19.4. The van der Waals surface area contributed by atoms with Gasteiger partial charge in [-0.1, -0.05) is 13.8 Å². The molecular formula is C72H78F14N16O10. The first kappa shape index (κ1) is 85.0. The SMILES string of the molecule is CCc1cc(Nc2nccn3c(-c4ccc(OC(F)F)c(F)c4F)cnc23)ccc1C(=O)NCCC(=O)N1CC[N+](C)(CC2CNC2)CC1.CCc1cc(Nc2nccn3c(-c4ccc(OC(F)F)c(F)c4F)cnc23)ccc1C(=O)NCCC(=O)N1CC[N+](C)(CC2CNC2)CC1.O=C([O-])C(F)(F)F.O=C([O-])C(F)(F)F. The first-order valence-corrected chi connectivity index (χ1v) is 35.1. The van der Waals surface area contributed by atoms with Crippen LogP contribution in [0.5, 0.6) is 11.5 Å². The standard InChI is InChI=1S/2C34H38F4N8O3.2C2HF3O2/c2*1-3-22-16-23(4-5-24(22)33(48)41-9-8-28(47)44-12-14-46(2,15-13-44)20-21-17-39-18-21)43-31-32-42-19-26(45(32)11-10-40-31)25-6-7-27(49-34(37)38)30(36)29(25)35;2*3-2(4,5)1(6)7/h2*4-7,10-11,16,19,21,34,39H,3,8-9,12-15,17-18,20H2,1-2H3,(H-,40,41,43,48);2*(H,6,7). The van der Waals surface area contributed by atoms with Crippen molar-refractivity contribution >= 4 is 69.9 Å². The highest BCUT2D eigenvalue weighted by Crippen LogP contribution is 2.36. The topological polar surface area (TPSA) is 306 Å². The van der Waals surface area contributed by atoms with Crippen molar-refractivity contribution in [3.63, 3.8) is 0 Å². The van der Waals surface area contributed by atoms with Crippen LogP contribution in [-0.4, -0.2) is 227 Å². The van der Waals surface area contributed by atoms with Gasteiger partial charge in [-0.3, -0.25) is 28.0 Å². The van der Waals surface area contributed by atoms with E-state index in [1.54, 1.807) is 24.3 Å². The number of halogens is 14. The van der Waals surface area contributed by atoms with Gasteiger partial charge in [0, 0.05) is 122 Å². The van der Waals surface area contributed by atoms with Gasteiger partial charge in [0.15, 0.2) is 46.1 Å². The fourth-order valence-corrected chi connectivity index (χ4v) is 12.9. The molecule has 4 aliphatic heterocycles. The summed E-state index contributed by atoms with van der Waals surface area (Å²) in [5.74, 6) is -12.0. The van der Waals surface area contributed by atoms with E-state index in [2.05, 4.69) is 75.4 Å². The smallest absolute Gasteiger partial charge is 0.430 e. The van der Waals surface area contributed by atoms with E-state index in [9.17, 15) is 80.6 Å². The summed E-state index contributed by atoms with van der Waals surface area (Å²) in [5.41, 5.74) is 4.25. The molecule has 0 bridgehead atoms. The van der Waals surface area contributed by atoms with E-state index in [1.807, 2.05) is 35.8 Å². The number of aliphatic carboxylic acids is 2. The Morgan fingerprint density at radius 1 is 0.536 bits per heavy atom. The number of rotatable bonds is 24. The Kier molecular flexibility index (Phi) is 28.0. The number of carbonyl (C=O) groups is 6. The zero-order valence-electron chi connectivity index (χ0n) is 60.5. The number of amides is 4. The lowest BCUT2D eigenvalue weighted by molar-refractivity contribution is -0.916. The van der Waals surface area contributed by atoms with Gasteiger partial charge < -0.3 is 79.9 Å². The predicted molar refractivity (Wildman–Crippen MR) is 372 cm³/mol. The molecule has 112 heavy (non-hydrogen) atoms. The number of carbonyl (C=O) groups excluding carboxylic acids is 6. The van der Waals surface area contributed by atoms with Gasteiger partial charge >= 0.3 is 25.6 Å². The minimum absolute atomic E-state index is 0.0431. The number of piperazine rings is 2. The third-order valence-electron chi connectivity index (χ3n) is 19.1. The Morgan fingerprint density at radius 3 is 1.19 bits per heavy atom. The summed E-state index contributed by atoms with van der Waals surface area (Å²) < 4.78 is 185. The number of aromatic nitrogens is 6. The number of carboxylic acid groups (broad SMARTS) is 2. The molecule has 4 aromatic carbocycles. The molecule has 8 aromatic rings. The number of carboxylic acids is 2. The largest absolute Gasteiger partial charge is 0.542 e. The van der Waals surface area contributed by atoms with Crippen LogP contribution in [0.3, 0.4) is 0 Å². The zero-order chi connectivity index (χ0) is 81.6. The van der Waals surface area contributed by atoms with E-state index in [0.717, 1.165) is 136 Å². The minimum Gasteiger partial charge on any atom is -0.542 e. The van der Waals surface area contributed by atoms with Crippen molar-refractivity contribution in [2.45, 2.75) is 65.1 Å². The van der Waals surface area contributed by atoms with Crippen LogP contribution in [0.1, 0.15) is 58.5 Å². The van der Waals surface area contributed by atoms with Crippen molar-refractivity contribution in [1.29, 1.82) is 0 Å².